The van der Waals surface area contributed by atoms with E-state index in [2.05, 4.69) is 0 Å². The summed E-state index contributed by atoms with van der Waals surface area (Å²) in [5, 5.41) is 10.0. The SMILES string of the molecule is NCC1CN(C(=O)O)CCO[C@H]1c1ccc(Cl)c(Cl)c1. The van der Waals surface area contributed by atoms with Crippen LogP contribution in [0.5, 0.6) is 0 Å². The van der Waals surface area contributed by atoms with E-state index in [0.29, 0.717) is 36.3 Å². The van der Waals surface area contributed by atoms with E-state index in [1.807, 2.05) is 6.07 Å². The molecular weight excluding hydrogens is 303 g/mol. The second-order valence-electron chi connectivity index (χ2n) is 4.69. The van der Waals surface area contributed by atoms with Crippen molar-refractivity contribution < 1.29 is 14.6 Å². The number of halogens is 2. The molecule has 1 aliphatic rings. The van der Waals surface area contributed by atoms with Crippen molar-refractivity contribution in [3.63, 3.8) is 0 Å². The number of hydrogen-bond donors (Lipinski definition) is 2. The first-order chi connectivity index (χ1) is 9.52. The summed E-state index contributed by atoms with van der Waals surface area (Å²) in [6.45, 7) is 1.34. The molecule has 1 fully saturated rings. The van der Waals surface area contributed by atoms with Crippen LogP contribution in [0.15, 0.2) is 18.2 Å². The predicted octanol–water partition coefficient (Wildman–Crippen LogP) is 2.62. The molecule has 5 nitrogen and oxygen atoms in total. The minimum absolute atomic E-state index is 0.120. The maximum atomic E-state index is 11.1. The number of nitrogens with two attached hydrogens (primary N) is 1. The van der Waals surface area contributed by atoms with E-state index in [1.54, 1.807) is 12.1 Å². The maximum absolute atomic E-state index is 11.1. The molecule has 2 rings (SSSR count). The van der Waals surface area contributed by atoms with Gasteiger partial charge in [0, 0.05) is 19.0 Å². The lowest BCUT2D eigenvalue weighted by atomic mass is 9.95. The Kier molecular flexibility index (Phi) is 5.10. The van der Waals surface area contributed by atoms with Gasteiger partial charge in [0.25, 0.3) is 0 Å². The van der Waals surface area contributed by atoms with E-state index >= 15 is 0 Å². The predicted molar refractivity (Wildman–Crippen MR) is 77.3 cm³/mol. The Morgan fingerprint density at radius 2 is 2.20 bits per heavy atom. The highest BCUT2D eigenvalue weighted by Gasteiger charge is 2.30. The molecule has 1 amide bonds. The van der Waals surface area contributed by atoms with Crippen LogP contribution in [-0.2, 0) is 4.74 Å². The summed E-state index contributed by atoms with van der Waals surface area (Å²) in [4.78, 5) is 12.4. The Morgan fingerprint density at radius 1 is 1.45 bits per heavy atom. The molecule has 7 heteroatoms. The van der Waals surface area contributed by atoms with Gasteiger partial charge in [0.05, 0.1) is 22.8 Å². The number of carboxylic acid groups (broad SMARTS) is 1. The van der Waals surface area contributed by atoms with E-state index in [9.17, 15) is 4.79 Å². The standard InChI is InChI=1S/C13H16Cl2N2O3/c14-10-2-1-8(5-11(10)15)12-9(6-16)7-17(13(18)19)3-4-20-12/h1-2,5,9,12H,3-4,6-7,16H2,(H,18,19)/t9?,12-/m0/s1. The highest BCUT2D eigenvalue weighted by Crippen LogP contribution is 2.32. The highest BCUT2D eigenvalue weighted by molar-refractivity contribution is 6.42. The maximum Gasteiger partial charge on any atom is 0.407 e. The fourth-order valence-electron chi connectivity index (χ4n) is 2.33. The molecule has 1 aliphatic heterocycles. The fraction of sp³-hybridized carbons (Fsp3) is 0.462. The molecule has 1 aromatic carbocycles. The lowest BCUT2D eigenvalue weighted by Gasteiger charge is -2.25. The van der Waals surface area contributed by atoms with Crippen LogP contribution in [-0.4, -0.2) is 42.3 Å². The van der Waals surface area contributed by atoms with Gasteiger partial charge in [-0.15, -0.1) is 0 Å². The molecule has 1 heterocycles. The first-order valence-electron chi connectivity index (χ1n) is 6.27. The minimum atomic E-state index is -0.957. The highest BCUT2D eigenvalue weighted by atomic mass is 35.5. The second-order valence-corrected chi connectivity index (χ2v) is 5.50. The summed E-state index contributed by atoms with van der Waals surface area (Å²) in [5.41, 5.74) is 6.64. The number of nitrogens with zero attached hydrogens (tertiary/aromatic N) is 1. The Morgan fingerprint density at radius 3 is 2.80 bits per heavy atom. The average Bonchev–Trinajstić information content (AvgIpc) is 2.64. The molecule has 0 saturated carbocycles. The topological polar surface area (TPSA) is 75.8 Å². The molecule has 20 heavy (non-hydrogen) atoms. The minimum Gasteiger partial charge on any atom is -0.465 e. The van der Waals surface area contributed by atoms with Crippen LogP contribution >= 0.6 is 23.2 Å². The van der Waals surface area contributed by atoms with Crippen LogP contribution in [0.1, 0.15) is 11.7 Å². The van der Waals surface area contributed by atoms with Crippen molar-refractivity contribution in [2.24, 2.45) is 11.7 Å². The van der Waals surface area contributed by atoms with Crippen molar-refractivity contribution in [3.05, 3.63) is 33.8 Å². The molecule has 3 N–H and O–H groups in total. The fourth-order valence-corrected chi connectivity index (χ4v) is 2.63. The molecule has 0 spiro atoms. The van der Waals surface area contributed by atoms with Crippen molar-refractivity contribution in [2.45, 2.75) is 6.10 Å². The van der Waals surface area contributed by atoms with Crippen molar-refractivity contribution in [1.29, 1.82) is 0 Å². The molecule has 0 aliphatic carbocycles. The third kappa shape index (κ3) is 3.35. The summed E-state index contributed by atoms with van der Waals surface area (Å²) in [5.74, 6) is -0.120. The van der Waals surface area contributed by atoms with Gasteiger partial charge in [-0.3, -0.25) is 0 Å². The molecule has 1 unspecified atom stereocenters. The number of hydrogen-bond acceptors (Lipinski definition) is 3. The largest absolute Gasteiger partial charge is 0.465 e. The quantitative estimate of drug-likeness (QED) is 0.878. The molecule has 2 atom stereocenters. The monoisotopic (exact) mass is 318 g/mol. The Labute approximate surface area is 127 Å². The molecule has 0 radical (unpaired) electrons. The van der Waals surface area contributed by atoms with Gasteiger partial charge in [-0.05, 0) is 24.2 Å². The van der Waals surface area contributed by atoms with E-state index in [4.69, 9.17) is 38.8 Å². The third-order valence-electron chi connectivity index (χ3n) is 3.39. The number of benzene rings is 1. The number of amides is 1. The van der Waals surface area contributed by atoms with Gasteiger partial charge in [-0.25, -0.2) is 4.79 Å². The van der Waals surface area contributed by atoms with Crippen LogP contribution < -0.4 is 5.73 Å². The number of rotatable bonds is 2. The summed E-state index contributed by atoms with van der Waals surface area (Å²) >= 11 is 11.9. The first-order valence-corrected chi connectivity index (χ1v) is 7.03. The Hall–Kier alpha value is -1.01. The molecule has 1 aromatic rings. The van der Waals surface area contributed by atoms with Gasteiger partial charge in [0.15, 0.2) is 0 Å². The smallest absolute Gasteiger partial charge is 0.407 e. The van der Waals surface area contributed by atoms with Gasteiger partial charge >= 0.3 is 6.09 Å². The van der Waals surface area contributed by atoms with Crippen LogP contribution in [0.4, 0.5) is 4.79 Å². The first kappa shape index (κ1) is 15.4. The van der Waals surface area contributed by atoms with Crippen molar-refractivity contribution in [3.8, 4) is 0 Å². The second kappa shape index (κ2) is 6.63. The number of carbonyl (C=O) groups is 1. The van der Waals surface area contributed by atoms with E-state index in [0.717, 1.165) is 5.56 Å². The number of ether oxygens (including phenoxy) is 1. The van der Waals surface area contributed by atoms with E-state index in [1.165, 1.54) is 4.90 Å². The zero-order chi connectivity index (χ0) is 14.7. The van der Waals surface area contributed by atoms with E-state index in [-0.39, 0.29) is 12.0 Å². The van der Waals surface area contributed by atoms with Crippen molar-refractivity contribution in [1.82, 2.24) is 4.90 Å². The van der Waals surface area contributed by atoms with E-state index < -0.39 is 6.09 Å². The lowest BCUT2D eigenvalue weighted by Crippen LogP contribution is -2.37. The van der Waals surface area contributed by atoms with Gasteiger partial charge in [0.2, 0.25) is 0 Å². The molecular formula is C13H16Cl2N2O3. The van der Waals surface area contributed by atoms with Gasteiger partial charge < -0.3 is 20.5 Å². The van der Waals surface area contributed by atoms with Crippen molar-refractivity contribution >= 4 is 29.3 Å². The van der Waals surface area contributed by atoms with Gasteiger partial charge in [-0.2, -0.15) is 0 Å². The summed E-state index contributed by atoms with van der Waals surface area (Å²) < 4.78 is 5.78. The van der Waals surface area contributed by atoms with Gasteiger partial charge in [0.1, 0.15) is 0 Å². The van der Waals surface area contributed by atoms with Gasteiger partial charge in [-0.1, -0.05) is 29.3 Å². The van der Waals surface area contributed by atoms with Crippen LogP contribution in [0.25, 0.3) is 0 Å². The molecule has 1 saturated heterocycles. The molecule has 0 aromatic heterocycles. The lowest BCUT2D eigenvalue weighted by molar-refractivity contribution is 0.0331. The Bertz CT molecular complexity index is 499. The molecule has 0 bridgehead atoms. The summed E-state index contributed by atoms with van der Waals surface area (Å²) in [6.07, 6.45) is -1.24. The Balaban J connectivity index is 2.24. The third-order valence-corrected chi connectivity index (χ3v) is 4.13. The van der Waals surface area contributed by atoms with Crippen molar-refractivity contribution in [2.75, 3.05) is 26.2 Å². The summed E-state index contributed by atoms with van der Waals surface area (Å²) in [7, 11) is 0. The zero-order valence-corrected chi connectivity index (χ0v) is 12.3. The molecule has 110 valence electrons. The summed E-state index contributed by atoms with van der Waals surface area (Å²) in [6, 6.07) is 5.28. The van der Waals surface area contributed by atoms with Crippen LogP contribution in [0.2, 0.25) is 10.0 Å². The normalized spacial score (nSPS) is 23.4. The average molecular weight is 319 g/mol. The zero-order valence-electron chi connectivity index (χ0n) is 10.8. The van der Waals surface area contributed by atoms with Crippen LogP contribution in [0.3, 0.4) is 0 Å². The van der Waals surface area contributed by atoms with Crippen LogP contribution in [0, 0.1) is 5.92 Å².